The molecule has 6 nitrogen and oxygen atoms in total. The summed E-state index contributed by atoms with van der Waals surface area (Å²) in [6.07, 6.45) is 1.49. The molecule has 31 heavy (non-hydrogen) atoms. The highest BCUT2D eigenvalue weighted by atomic mass is 32.1. The maximum atomic E-state index is 12.3. The lowest BCUT2D eigenvalue weighted by Crippen LogP contribution is -2.05. The summed E-state index contributed by atoms with van der Waals surface area (Å²) in [6.45, 7) is 4.19. The van der Waals surface area contributed by atoms with Crippen LogP contribution < -0.4 is 5.32 Å². The number of hydrogen-bond acceptors (Lipinski definition) is 8. The molecule has 0 aliphatic rings. The number of carbonyl (C=O) groups is 1. The van der Waals surface area contributed by atoms with Gasteiger partial charge in [-0.15, -0.1) is 22.7 Å². The van der Waals surface area contributed by atoms with Crippen molar-refractivity contribution < 1.29 is 9.53 Å². The summed E-state index contributed by atoms with van der Waals surface area (Å²) < 4.78 is 6.36. The van der Waals surface area contributed by atoms with Crippen molar-refractivity contribution in [3.8, 4) is 10.6 Å². The summed E-state index contributed by atoms with van der Waals surface area (Å²) in [5.41, 5.74) is 4.64. The van der Waals surface area contributed by atoms with Crippen LogP contribution >= 0.6 is 22.7 Å². The second-order valence-corrected chi connectivity index (χ2v) is 8.85. The normalized spacial score (nSPS) is 11.2. The standard InChI is InChI=1S/C23H18N4O2S2/c1-3-29-23(28)16-11-30-22-19(16)20(24-12-25-22)26-15-7-5-14(6-8-15)21-27-17-9-4-13(2)10-18(17)31-21/h4-12H,3H2,1-2H3,(H,24,25,26). The van der Waals surface area contributed by atoms with Gasteiger partial charge in [0.05, 0.1) is 27.8 Å². The van der Waals surface area contributed by atoms with Crippen molar-refractivity contribution >= 4 is 60.6 Å². The number of carbonyl (C=O) groups excluding carboxylic acids is 1. The molecular weight excluding hydrogens is 428 g/mol. The maximum absolute atomic E-state index is 12.3. The predicted molar refractivity (Wildman–Crippen MR) is 126 cm³/mol. The molecule has 0 atom stereocenters. The summed E-state index contributed by atoms with van der Waals surface area (Å²) >= 11 is 3.08. The number of anilines is 2. The number of esters is 1. The van der Waals surface area contributed by atoms with E-state index >= 15 is 0 Å². The number of aryl methyl sites for hydroxylation is 1. The van der Waals surface area contributed by atoms with E-state index in [9.17, 15) is 4.79 Å². The van der Waals surface area contributed by atoms with E-state index in [4.69, 9.17) is 9.72 Å². The molecule has 0 unspecified atom stereocenters. The third-order valence-corrected chi connectivity index (χ3v) is 6.76. The third-order valence-electron chi connectivity index (χ3n) is 4.80. The minimum atomic E-state index is -0.368. The summed E-state index contributed by atoms with van der Waals surface area (Å²) in [6, 6.07) is 14.3. The van der Waals surface area contributed by atoms with Crippen LogP contribution in [0.5, 0.6) is 0 Å². The number of thiazole rings is 1. The molecule has 0 bridgehead atoms. The molecule has 5 aromatic rings. The molecule has 3 heterocycles. The highest BCUT2D eigenvalue weighted by molar-refractivity contribution is 7.21. The Morgan fingerprint density at radius 2 is 1.97 bits per heavy atom. The smallest absolute Gasteiger partial charge is 0.339 e. The van der Waals surface area contributed by atoms with E-state index in [1.54, 1.807) is 23.6 Å². The van der Waals surface area contributed by atoms with Gasteiger partial charge in [0.25, 0.3) is 0 Å². The second kappa shape index (κ2) is 8.05. The Labute approximate surface area is 186 Å². The molecule has 5 rings (SSSR count). The number of nitrogens with one attached hydrogen (secondary N) is 1. The molecule has 0 spiro atoms. The van der Waals surface area contributed by atoms with E-state index in [0.29, 0.717) is 23.4 Å². The Morgan fingerprint density at radius 3 is 2.77 bits per heavy atom. The van der Waals surface area contributed by atoms with E-state index in [1.165, 1.54) is 27.9 Å². The Kier molecular flexibility index (Phi) is 5.09. The molecule has 1 N–H and O–H groups in total. The zero-order valence-electron chi connectivity index (χ0n) is 16.9. The number of nitrogens with zero attached hydrogens (tertiary/aromatic N) is 3. The molecule has 8 heteroatoms. The molecule has 0 fully saturated rings. The fraction of sp³-hybridized carbons (Fsp3) is 0.130. The molecule has 154 valence electrons. The quantitative estimate of drug-likeness (QED) is 0.324. The number of aromatic nitrogens is 3. The van der Waals surface area contributed by atoms with Crippen molar-refractivity contribution in [1.82, 2.24) is 15.0 Å². The Balaban J connectivity index is 1.45. The lowest BCUT2D eigenvalue weighted by Gasteiger charge is -2.08. The monoisotopic (exact) mass is 446 g/mol. The summed E-state index contributed by atoms with van der Waals surface area (Å²) in [4.78, 5) is 26.4. The van der Waals surface area contributed by atoms with E-state index in [-0.39, 0.29) is 5.97 Å². The number of hydrogen-bond donors (Lipinski definition) is 1. The van der Waals surface area contributed by atoms with E-state index in [2.05, 4.69) is 40.4 Å². The van der Waals surface area contributed by atoms with Crippen LogP contribution in [0.25, 0.3) is 31.0 Å². The first kappa shape index (κ1) is 19.6. The average Bonchev–Trinajstić information content (AvgIpc) is 3.39. The first-order valence-corrected chi connectivity index (χ1v) is 11.5. The average molecular weight is 447 g/mol. The van der Waals surface area contributed by atoms with Crippen molar-refractivity contribution in [1.29, 1.82) is 0 Å². The van der Waals surface area contributed by atoms with Crippen molar-refractivity contribution in [2.24, 2.45) is 0 Å². The lowest BCUT2D eigenvalue weighted by molar-refractivity contribution is 0.0529. The molecule has 0 aliphatic heterocycles. The fourth-order valence-electron chi connectivity index (χ4n) is 3.32. The van der Waals surface area contributed by atoms with Gasteiger partial charge in [-0.2, -0.15) is 0 Å². The molecule has 0 amide bonds. The van der Waals surface area contributed by atoms with E-state index in [0.717, 1.165) is 26.6 Å². The van der Waals surface area contributed by atoms with Crippen molar-refractivity contribution in [2.75, 3.05) is 11.9 Å². The van der Waals surface area contributed by atoms with Crippen molar-refractivity contribution in [3.63, 3.8) is 0 Å². The van der Waals surface area contributed by atoms with Gasteiger partial charge in [-0.1, -0.05) is 6.07 Å². The number of ether oxygens (including phenoxy) is 1. The molecule has 0 saturated heterocycles. The van der Waals surface area contributed by atoms with E-state index < -0.39 is 0 Å². The minimum absolute atomic E-state index is 0.319. The van der Waals surface area contributed by atoms with Gasteiger partial charge >= 0.3 is 5.97 Å². The maximum Gasteiger partial charge on any atom is 0.339 e. The molecular formula is C23H18N4O2S2. The molecule has 2 aromatic carbocycles. The topological polar surface area (TPSA) is 77.0 Å². The highest BCUT2D eigenvalue weighted by Crippen LogP contribution is 2.34. The van der Waals surface area contributed by atoms with Gasteiger partial charge in [0.15, 0.2) is 0 Å². The van der Waals surface area contributed by atoms with Crippen molar-refractivity contribution in [3.05, 3.63) is 65.3 Å². The summed E-state index contributed by atoms with van der Waals surface area (Å²) in [5.74, 6) is 0.213. The first-order chi connectivity index (χ1) is 15.1. The number of rotatable bonds is 5. The van der Waals surface area contributed by atoms with Gasteiger partial charge in [-0.05, 0) is 55.8 Å². The third kappa shape index (κ3) is 3.75. The van der Waals surface area contributed by atoms with Gasteiger partial charge in [-0.25, -0.2) is 19.7 Å². The van der Waals surface area contributed by atoms with Crippen LogP contribution in [0.15, 0.2) is 54.2 Å². The lowest BCUT2D eigenvalue weighted by atomic mass is 10.2. The Bertz CT molecular complexity index is 1410. The number of fused-ring (bicyclic) bond motifs is 2. The van der Waals surface area contributed by atoms with Gasteiger partial charge in [0.1, 0.15) is 22.0 Å². The minimum Gasteiger partial charge on any atom is -0.462 e. The molecule has 0 saturated carbocycles. The van der Waals surface area contributed by atoms with Gasteiger partial charge < -0.3 is 10.1 Å². The SMILES string of the molecule is CCOC(=O)c1csc2ncnc(Nc3ccc(-c4nc5ccc(C)cc5s4)cc3)c12. The van der Waals surface area contributed by atoms with Crippen LogP contribution in [0.4, 0.5) is 11.5 Å². The largest absolute Gasteiger partial charge is 0.462 e. The van der Waals surface area contributed by atoms with Crippen molar-refractivity contribution in [2.45, 2.75) is 13.8 Å². The van der Waals surface area contributed by atoms with Crippen LogP contribution in [-0.4, -0.2) is 27.5 Å². The van der Waals surface area contributed by atoms with Crippen LogP contribution in [0, 0.1) is 6.92 Å². The number of benzene rings is 2. The summed E-state index contributed by atoms with van der Waals surface area (Å²) in [7, 11) is 0. The Morgan fingerprint density at radius 1 is 1.13 bits per heavy atom. The number of thiophene rings is 1. The molecule has 0 radical (unpaired) electrons. The zero-order chi connectivity index (χ0) is 21.4. The van der Waals surface area contributed by atoms with Crippen LogP contribution in [0.3, 0.4) is 0 Å². The van der Waals surface area contributed by atoms with Crippen LogP contribution in [-0.2, 0) is 4.74 Å². The fourth-order valence-corrected chi connectivity index (χ4v) is 5.26. The first-order valence-electron chi connectivity index (χ1n) is 9.76. The second-order valence-electron chi connectivity index (χ2n) is 6.96. The van der Waals surface area contributed by atoms with Gasteiger partial charge in [0.2, 0.25) is 0 Å². The van der Waals surface area contributed by atoms with Crippen LogP contribution in [0.2, 0.25) is 0 Å². The summed E-state index contributed by atoms with van der Waals surface area (Å²) in [5, 5.41) is 6.74. The predicted octanol–water partition coefficient (Wildman–Crippen LogP) is 6.20. The van der Waals surface area contributed by atoms with E-state index in [1.807, 2.05) is 24.3 Å². The highest BCUT2D eigenvalue weighted by Gasteiger charge is 2.18. The Hall–Kier alpha value is -3.36. The van der Waals surface area contributed by atoms with Gasteiger partial charge in [0, 0.05) is 16.6 Å². The van der Waals surface area contributed by atoms with Crippen LogP contribution in [0.1, 0.15) is 22.8 Å². The van der Waals surface area contributed by atoms with Gasteiger partial charge in [-0.3, -0.25) is 0 Å². The molecule has 0 aliphatic carbocycles. The zero-order valence-corrected chi connectivity index (χ0v) is 18.5. The molecule has 3 aromatic heterocycles.